The summed E-state index contributed by atoms with van der Waals surface area (Å²) in [5, 5.41) is 8.56. The summed E-state index contributed by atoms with van der Waals surface area (Å²) in [6, 6.07) is 6.21. The Morgan fingerprint density at radius 3 is 2.43 bits per heavy atom. The van der Waals surface area contributed by atoms with Crippen LogP contribution in [0, 0.1) is 23.2 Å². The average Bonchev–Trinajstić information content (AvgIpc) is 3.01. The maximum absolute atomic E-state index is 11.8. The molecule has 128 valence electrons. The average molecular weight is 355 g/mol. The topological polar surface area (TPSA) is 70.0 Å². The molecule has 23 heavy (non-hydrogen) atoms. The molecule has 0 bridgehead atoms. The van der Waals surface area contributed by atoms with Crippen molar-refractivity contribution in [2.24, 2.45) is 11.8 Å². The van der Waals surface area contributed by atoms with Gasteiger partial charge in [-0.2, -0.15) is 5.26 Å². The number of nitrogens with zero attached hydrogens (tertiary/aromatic N) is 1. The number of hydrogen-bond donors (Lipinski definition) is 1. The fourth-order valence-electron chi connectivity index (χ4n) is 3.19. The Hall–Kier alpha value is -0.900. The molecule has 1 N–H and O–H groups in total. The SMILES string of the molecule is CC(CNS(=O)(=O)C(C)C)C1CCC(c2ccc(C#N)s2)CC1. The van der Waals surface area contributed by atoms with Gasteiger partial charge in [0.15, 0.2) is 0 Å². The molecule has 1 heterocycles. The minimum atomic E-state index is -3.16. The molecule has 0 saturated heterocycles. The zero-order valence-electron chi connectivity index (χ0n) is 14.1. The first-order valence-electron chi connectivity index (χ1n) is 8.31. The molecule has 0 aliphatic heterocycles. The molecule has 0 spiro atoms. The van der Waals surface area contributed by atoms with Crippen LogP contribution < -0.4 is 4.72 Å². The Balaban J connectivity index is 1.83. The number of sulfonamides is 1. The van der Waals surface area contributed by atoms with Gasteiger partial charge in [-0.1, -0.05) is 6.92 Å². The van der Waals surface area contributed by atoms with Gasteiger partial charge in [0.1, 0.15) is 10.9 Å². The van der Waals surface area contributed by atoms with Crippen LogP contribution in [0.25, 0.3) is 0 Å². The summed E-state index contributed by atoms with van der Waals surface area (Å²) < 4.78 is 26.4. The highest BCUT2D eigenvalue weighted by Gasteiger charge is 2.28. The summed E-state index contributed by atoms with van der Waals surface area (Å²) >= 11 is 1.61. The van der Waals surface area contributed by atoms with Crippen LogP contribution in [0.5, 0.6) is 0 Å². The molecule has 0 amide bonds. The van der Waals surface area contributed by atoms with Crippen molar-refractivity contribution in [3.8, 4) is 6.07 Å². The molecule has 1 atom stereocenters. The van der Waals surface area contributed by atoms with Crippen molar-refractivity contribution in [1.82, 2.24) is 4.72 Å². The molecule has 1 saturated carbocycles. The van der Waals surface area contributed by atoms with Gasteiger partial charge in [-0.15, -0.1) is 11.3 Å². The number of rotatable bonds is 6. The highest BCUT2D eigenvalue weighted by atomic mass is 32.2. The van der Waals surface area contributed by atoms with Crippen LogP contribution in [0.4, 0.5) is 0 Å². The standard InChI is InChI=1S/C17H26N2O2S2/c1-12(2)23(20,21)19-11-13(3)14-4-6-15(7-5-14)17-9-8-16(10-18)22-17/h8-9,12-15,19H,4-7,11H2,1-3H3. The monoisotopic (exact) mass is 354 g/mol. The third kappa shape index (κ3) is 4.79. The molecule has 1 aromatic heterocycles. The molecule has 1 fully saturated rings. The summed E-state index contributed by atoms with van der Waals surface area (Å²) in [5.41, 5.74) is 0. The molecule has 2 rings (SSSR count). The van der Waals surface area contributed by atoms with E-state index in [-0.39, 0.29) is 5.25 Å². The number of nitriles is 1. The van der Waals surface area contributed by atoms with Crippen molar-refractivity contribution in [1.29, 1.82) is 5.26 Å². The summed E-state index contributed by atoms with van der Waals surface area (Å²) in [4.78, 5) is 2.12. The first-order chi connectivity index (χ1) is 10.8. The van der Waals surface area contributed by atoms with E-state index in [4.69, 9.17) is 5.26 Å². The van der Waals surface area contributed by atoms with Crippen LogP contribution in [0.2, 0.25) is 0 Å². The number of nitrogens with one attached hydrogen (secondary N) is 1. The van der Waals surface area contributed by atoms with E-state index in [0.717, 1.165) is 30.6 Å². The second-order valence-corrected chi connectivity index (χ2v) is 10.3. The fraction of sp³-hybridized carbons (Fsp3) is 0.706. The van der Waals surface area contributed by atoms with Crippen molar-refractivity contribution < 1.29 is 8.42 Å². The third-order valence-electron chi connectivity index (χ3n) is 4.94. The maximum atomic E-state index is 11.8. The van der Waals surface area contributed by atoms with Crippen LogP contribution >= 0.6 is 11.3 Å². The number of hydrogen-bond acceptors (Lipinski definition) is 4. The molecule has 6 heteroatoms. The van der Waals surface area contributed by atoms with Gasteiger partial charge in [0.25, 0.3) is 0 Å². The predicted octanol–water partition coefficient (Wildman–Crippen LogP) is 3.86. The van der Waals surface area contributed by atoms with Crippen LogP contribution in [-0.2, 0) is 10.0 Å². The Morgan fingerprint density at radius 2 is 1.91 bits per heavy atom. The van der Waals surface area contributed by atoms with Crippen molar-refractivity contribution in [2.45, 2.75) is 57.6 Å². The van der Waals surface area contributed by atoms with Gasteiger partial charge >= 0.3 is 0 Å². The lowest BCUT2D eigenvalue weighted by Gasteiger charge is -2.32. The highest BCUT2D eigenvalue weighted by molar-refractivity contribution is 7.90. The van der Waals surface area contributed by atoms with Crippen molar-refractivity contribution in [3.05, 3.63) is 21.9 Å². The Morgan fingerprint density at radius 1 is 1.26 bits per heavy atom. The molecule has 1 unspecified atom stereocenters. The van der Waals surface area contributed by atoms with Gasteiger partial charge in [-0.05, 0) is 69.4 Å². The number of thiophene rings is 1. The minimum Gasteiger partial charge on any atom is -0.215 e. The predicted molar refractivity (Wildman–Crippen MR) is 95.0 cm³/mol. The van der Waals surface area contributed by atoms with E-state index < -0.39 is 10.0 Å². The Bertz CT molecular complexity index is 650. The quantitative estimate of drug-likeness (QED) is 0.843. The summed E-state index contributed by atoms with van der Waals surface area (Å²) in [5.74, 6) is 1.51. The fourth-order valence-corrected chi connectivity index (χ4v) is 4.99. The van der Waals surface area contributed by atoms with Crippen molar-refractivity contribution >= 4 is 21.4 Å². The zero-order valence-corrected chi connectivity index (χ0v) is 15.7. The maximum Gasteiger partial charge on any atom is 0.213 e. The van der Waals surface area contributed by atoms with Gasteiger partial charge in [0.2, 0.25) is 10.0 Å². The second kappa shape index (κ2) is 7.78. The lowest BCUT2D eigenvalue weighted by Crippen LogP contribution is -2.36. The van der Waals surface area contributed by atoms with Gasteiger partial charge in [-0.3, -0.25) is 0 Å². The van der Waals surface area contributed by atoms with Gasteiger partial charge in [-0.25, -0.2) is 13.1 Å². The van der Waals surface area contributed by atoms with Crippen LogP contribution in [-0.4, -0.2) is 20.2 Å². The van der Waals surface area contributed by atoms with E-state index in [1.807, 2.05) is 6.07 Å². The van der Waals surface area contributed by atoms with E-state index in [2.05, 4.69) is 23.8 Å². The normalized spacial score (nSPS) is 23.6. The molecule has 0 radical (unpaired) electrons. The Labute approximate surface area is 144 Å². The molecule has 1 aromatic rings. The summed E-state index contributed by atoms with van der Waals surface area (Å²) in [6.45, 7) is 6.09. The van der Waals surface area contributed by atoms with E-state index in [9.17, 15) is 8.42 Å². The zero-order chi connectivity index (χ0) is 17.0. The molecule has 1 aliphatic rings. The lowest BCUT2D eigenvalue weighted by molar-refractivity contribution is 0.247. The van der Waals surface area contributed by atoms with E-state index in [1.54, 1.807) is 25.2 Å². The first-order valence-corrected chi connectivity index (χ1v) is 10.7. The highest BCUT2D eigenvalue weighted by Crippen LogP contribution is 2.40. The molecule has 0 aromatic carbocycles. The Kier molecular flexibility index (Phi) is 6.24. The van der Waals surface area contributed by atoms with Gasteiger partial charge in [0.05, 0.1) is 5.25 Å². The van der Waals surface area contributed by atoms with E-state index in [1.165, 1.54) is 4.88 Å². The first kappa shape index (κ1) is 18.4. The largest absolute Gasteiger partial charge is 0.215 e. The van der Waals surface area contributed by atoms with Crippen LogP contribution in [0.3, 0.4) is 0 Å². The van der Waals surface area contributed by atoms with Crippen molar-refractivity contribution in [3.63, 3.8) is 0 Å². The smallest absolute Gasteiger partial charge is 0.213 e. The van der Waals surface area contributed by atoms with Crippen LogP contribution in [0.1, 0.15) is 62.1 Å². The minimum absolute atomic E-state index is 0.363. The molecule has 4 nitrogen and oxygen atoms in total. The third-order valence-corrected chi connectivity index (χ3v) is 7.91. The lowest BCUT2D eigenvalue weighted by atomic mass is 9.76. The summed E-state index contributed by atoms with van der Waals surface area (Å²) in [6.07, 6.45) is 4.54. The van der Waals surface area contributed by atoms with Crippen molar-refractivity contribution in [2.75, 3.05) is 6.54 Å². The summed E-state index contributed by atoms with van der Waals surface area (Å²) in [7, 11) is -3.16. The molecular weight excluding hydrogens is 328 g/mol. The van der Waals surface area contributed by atoms with Crippen LogP contribution in [0.15, 0.2) is 12.1 Å². The van der Waals surface area contributed by atoms with Gasteiger partial charge in [0, 0.05) is 11.4 Å². The molecular formula is C17H26N2O2S2. The second-order valence-electron chi connectivity index (χ2n) is 6.85. The van der Waals surface area contributed by atoms with E-state index >= 15 is 0 Å². The van der Waals surface area contributed by atoms with Gasteiger partial charge < -0.3 is 0 Å². The van der Waals surface area contributed by atoms with E-state index in [0.29, 0.717) is 24.3 Å². The molecule has 1 aliphatic carbocycles.